The molecule has 144 valence electrons. The maximum absolute atomic E-state index is 12.2. The van der Waals surface area contributed by atoms with Crippen LogP contribution in [0.5, 0.6) is 0 Å². The van der Waals surface area contributed by atoms with Gasteiger partial charge in [0.05, 0.1) is 6.54 Å². The largest absolute Gasteiger partial charge is 0.481 e. The van der Waals surface area contributed by atoms with Crippen molar-refractivity contribution >= 4 is 18.2 Å². The number of aliphatic carboxylic acids is 1. The molecule has 2 aliphatic heterocycles. The molecule has 9 heteroatoms. The molecule has 2 amide bonds. The number of ether oxygens (including phenoxy) is 2. The summed E-state index contributed by atoms with van der Waals surface area (Å²) in [4.78, 5) is 36.1. The number of amides is 2. The number of rotatable bonds is 2. The van der Waals surface area contributed by atoms with Crippen LogP contribution in [-0.2, 0) is 14.3 Å². The summed E-state index contributed by atoms with van der Waals surface area (Å²) in [6.07, 6.45) is -0.579. The fraction of sp³-hybridized carbons (Fsp3) is 0.812. The normalized spacial score (nSPS) is 23.5. The minimum absolute atomic E-state index is 0.0411. The average Bonchev–Trinajstić information content (AvgIpc) is 2.84. The lowest BCUT2D eigenvalue weighted by Gasteiger charge is -2.40. The van der Waals surface area contributed by atoms with E-state index in [1.165, 1.54) is 0 Å². The first-order chi connectivity index (χ1) is 11.5. The molecule has 0 bridgehead atoms. The first-order valence-electron chi connectivity index (χ1n) is 8.34. The maximum atomic E-state index is 12.2. The van der Waals surface area contributed by atoms with Gasteiger partial charge in [0.25, 0.3) is 5.97 Å². The zero-order chi connectivity index (χ0) is 19.2. The lowest BCUT2D eigenvalue weighted by molar-refractivity contribution is -0.134. The number of carboxylic acid groups (broad SMARTS) is 1. The van der Waals surface area contributed by atoms with Crippen molar-refractivity contribution in [2.75, 3.05) is 32.8 Å². The van der Waals surface area contributed by atoms with Crippen LogP contribution in [0.1, 0.15) is 34.6 Å². The summed E-state index contributed by atoms with van der Waals surface area (Å²) in [7, 11) is 0. The van der Waals surface area contributed by atoms with Crippen LogP contribution < -0.4 is 5.32 Å². The van der Waals surface area contributed by atoms with Gasteiger partial charge in [0.2, 0.25) is 0 Å². The van der Waals surface area contributed by atoms with Crippen molar-refractivity contribution < 1.29 is 29.0 Å². The second-order valence-electron chi connectivity index (χ2n) is 7.17. The molecule has 2 N–H and O–H groups in total. The molecule has 0 unspecified atom stereocenters. The van der Waals surface area contributed by atoms with Gasteiger partial charge in [-0.2, -0.15) is 0 Å². The Morgan fingerprint density at radius 2 is 2.00 bits per heavy atom. The van der Waals surface area contributed by atoms with Crippen LogP contribution in [0.15, 0.2) is 0 Å². The molecule has 0 radical (unpaired) electrons. The Labute approximate surface area is 148 Å². The van der Waals surface area contributed by atoms with Gasteiger partial charge in [-0.05, 0) is 27.7 Å². The van der Waals surface area contributed by atoms with E-state index in [0.29, 0.717) is 32.8 Å². The molecule has 0 aromatic carbocycles. The van der Waals surface area contributed by atoms with Crippen LogP contribution in [0.3, 0.4) is 0 Å². The fourth-order valence-electron chi connectivity index (χ4n) is 2.48. The van der Waals surface area contributed by atoms with Gasteiger partial charge >= 0.3 is 12.2 Å². The van der Waals surface area contributed by atoms with Gasteiger partial charge in [0.15, 0.2) is 0 Å². The zero-order valence-electron chi connectivity index (χ0n) is 15.6. The summed E-state index contributed by atoms with van der Waals surface area (Å²) in [5, 5.41) is 10.8. The highest BCUT2D eigenvalue weighted by Gasteiger charge is 2.34. The monoisotopic (exact) mass is 359 g/mol. The number of cyclic esters (lactones) is 1. The molecule has 2 aliphatic rings. The molecule has 2 rings (SSSR count). The predicted molar refractivity (Wildman–Crippen MR) is 90.4 cm³/mol. The van der Waals surface area contributed by atoms with Crippen molar-refractivity contribution in [1.82, 2.24) is 15.1 Å². The van der Waals surface area contributed by atoms with Gasteiger partial charge in [0, 0.05) is 38.6 Å². The molecule has 2 fully saturated rings. The summed E-state index contributed by atoms with van der Waals surface area (Å²) >= 11 is 0. The van der Waals surface area contributed by atoms with E-state index in [4.69, 9.17) is 19.4 Å². The highest BCUT2D eigenvalue weighted by Crippen LogP contribution is 2.15. The third-order valence-corrected chi connectivity index (χ3v) is 3.56. The molecule has 0 aliphatic carbocycles. The van der Waals surface area contributed by atoms with Crippen molar-refractivity contribution in [1.29, 1.82) is 0 Å². The Balaban J connectivity index is 0.000000705. The number of carboxylic acids is 1. The van der Waals surface area contributed by atoms with E-state index in [2.05, 4.69) is 5.32 Å². The Kier molecular flexibility index (Phi) is 7.47. The van der Waals surface area contributed by atoms with E-state index in [1.807, 2.05) is 27.7 Å². The SMILES string of the molecule is CC(=O)O.C[C@@H]1CN[C@@H](CN2CCOC2=O)CN1C(=O)OC(C)(C)C. The Bertz CT molecular complexity index is 487. The molecule has 2 heterocycles. The second-order valence-corrected chi connectivity index (χ2v) is 7.17. The molecule has 0 aromatic rings. The van der Waals surface area contributed by atoms with Gasteiger partial charge < -0.3 is 29.7 Å². The number of piperazine rings is 1. The van der Waals surface area contributed by atoms with Gasteiger partial charge in [-0.1, -0.05) is 0 Å². The van der Waals surface area contributed by atoms with E-state index in [9.17, 15) is 9.59 Å². The molecule has 2 saturated heterocycles. The fourth-order valence-corrected chi connectivity index (χ4v) is 2.48. The summed E-state index contributed by atoms with van der Waals surface area (Å²) in [5.74, 6) is -0.833. The number of nitrogens with one attached hydrogen (secondary N) is 1. The van der Waals surface area contributed by atoms with Gasteiger partial charge in [-0.25, -0.2) is 9.59 Å². The van der Waals surface area contributed by atoms with E-state index in [-0.39, 0.29) is 24.3 Å². The summed E-state index contributed by atoms with van der Waals surface area (Å²) in [5.41, 5.74) is -0.504. The van der Waals surface area contributed by atoms with E-state index in [1.54, 1.807) is 9.80 Å². The van der Waals surface area contributed by atoms with E-state index >= 15 is 0 Å². The predicted octanol–water partition coefficient (Wildman–Crippen LogP) is 1.13. The van der Waals surface area contributed by atoms with Gasteiger partial charge in [0.1, 0.15) is 12.2 Å². The quantitative estimate of drug-likeness (QED) is 0.761. The molecule has 25 heavy (non-hydrogen) atoms. The average molecular weight is 359 g/mol. The molecule has 0 spiro atoms. The van der Waals surface area contributed by atoms with E-state index < -0.39 is 11.6 Å². The van der Waals surface area contributed by atoms with Crippen LogP contribution in [0.2, 0.25) is 0 Å². The maximum Gasteiger partial charge on any atom is 0.410 e. The minimum atomic E-state index is -0.833. The molecular formula is C16H29N3O6. The summed E-state index contributed by atoms with van der Waals surface area (Å²) in [6, 6.07) is 0.112. The smallest absolute Gasteiger partial charge is 0.410 e. The van der Waals surface area contributed by atoms with Crippen molar-refractivity contribution in [2.45, 2.75) is 52.3 Å². The van der Waals surface area contributed by atoms with Gasteiger partial charge in [-0.15, -0.1) is 0 Å². The van der Waals surface area contributed by atoms with Crippen LogP contribution in [0.25, 0.3) is 0 Å². The lowest BCUT2D eigenvalue weighted by Crippen LogP contribution is -2.60. The number of carbonyl (C=O) groups excluding carboxylic acids is 2. The minimum Gasteiger partial charge on any atom is -0.481 e. The van der Waals surface area contributed by atoms with Crippen molar-refractivity contribution in [3.05, 3.63) is 0 Å². The third kappa shape index (κ3) is 7.59. The zero-order valence-corrected chi connectivity index (χ0v) is 15.6. The lowest BCUT2D eigenvalue weighted by atomic mass is 10.1. The molecular weight excluding hydrogens is 330 g/mol. The standard InChI is InChI=1S/C14H25N3O4.C2H4O2/c1-10-7-15-11(8-16-5-6-20-12(16)18)9-17(10)13(19)21-14(2,3)4;1-2(3)4/h10-11,15H,5-9H2,1-4H3;1H3,(H,3,4)/t10-,11+;/m1./s1. The van der Waals surface area contributed by atoms with Crippen LogP contribution >= 0.6 is 0 Å². The second kappa shape index (κ2) is 8.89. The van der Waals surface area contributed by atoms with Crippen molar-refractivity contribution in [2.24, 2.45) is 0 Å². The first kappa shape index (κ1) is 21.0. The highest BCUT2D eigenvalue weighted by molar-refractivity contribution is 5.70. The molecule has 0 saturated carbocycles. The van der Waals surface area contributed by atoms with Gasteiger partial charge in [-0.3, -0.25) is 4.79 Å². The third-order valence-electron chi connectivity index (χ3n) is 3.56. The molecule has 2 atom stereocenters. The highest BCUT2D eigenvalue weighted by atomic mass is 16.6. The Morgan fingerprint density at radius 1 is 1.40 bits per heavy atom. The Morgan fingerprint density at radius 3 is 2.48 bits per heavy atom. The first-order valence-corrected chi connectivity index (χ1v) is 8.34. The van der Waals surface area contributed by atoms with Crippen LogP contribution in [0.4, 0.5) is 9.59 Å². The number of hydrogen-bond donors (Lipinski definition) is 2. The van der Waals surface area contributed by atoms with Crippen LogP contribution in [0, 0.1) is 0 Å². The van der Waals surface area contributed by atoms with E-state index in [0.717, 1.165) is 6.92 Å². The number of nitrogens with zero attached hydrogens (tertiary/aromatic N) is 2. The number of hydrogen-bond acceptors (Lipinski definition) is 6. The van der Waals surface area contributed by atoms with Crippen molar-refractivity contribution in [3.8, 4) is 0 Å². The van der Waals surface area contributed by atoms with Crippen LogP contribution in [-0.4, -0.2) is 83.5 Å². The Hall–Kier alpha value is -2.03. The molecule has 0 aromatic heterocycles. The summed E-state index contributed by atoms with van der Waals surface area (Å²) in [6.45, 7) is 11.5. The topological polar surface area (TPSA) is 108 Å². The van der Waals surface area contributed by atoms with Crippen molar-refractivity contribution in [3.63, 3.8) is 0 Å². The summed E-state index contributed by atoms with van der Waals surface area (Å²) < 4.78 is 10.4. The molecule has 9 nitrogen and oxygen atoms in total. The number of carbonyl (C=O) groups is 3.